The molecule has 0 saturated carbocycles. The number of Topliss-reactive ketones (excluding diaryl/α,β-unsaturated/α-hetero) is 1. The number of carbonyl (C=O) groups excluding carboxylic acids is 2. The van der Waals surface area contributed by atoms with Gasteiger partial charge < -0.3 is 10.2 Å². The third kappa shape index (κ3) is 6.14. The summed E-state index contributed by atoms with van der Waals surface area (Å²) in [6, 6.07) is 11.6. The van der Waals surface area contributed by atoms with Crippen molar-refractivity contribution < 1.29 is 22.8 Å². The van der Waals surface area contributed by atoms with Crippen LogP contribution in [0.5, 0.6) is 0 Å². The number of aryl methyl sites for hydroxylation is 1. The van der Waals surface area contributed by atoms with Crippen molar-refractivity contribution in [2.75, 3.05) is 18.5 Å². The normalized spacial score (nSPS) is 15.4. The van der Waals surface area contributed by atoms with Gasteiger partial charge in [-0.2, -0.15) is 18.4 Å². The number of carbonyl (C=O) groups is 2. The molecule has 1 aromatic carbocycles. The molecule has 0 spiro atoms. The van der Waals surface area contributed by atoms with Gasteiger partial charge in [-0.25, -0.2) is 9.97 Å². The Kier molecular flexibility index (Phi) is 7.88. The van der Waals surface area contributed by atoms with Crippen molar-refractivity contribution in [3.8, 4) is 17.3 Å². The van der Waals surface area contributed by atoms with E-state index in [1.807, 2.05) is 12.1 Å². The molecule has 0 bridgehead atoms. The molecular formula is C26H24F3N5O2S. The highest BCUT2D eigenvalue weighted by Gasteiger charge is 2.38. The number of hydrogen-bond acceptors (Lipinski definition) is 7. The lowest BCUT2D eigenvalue weighted by Gasteiger charge is -2.25. The van der Waals surface area contributed by atoms with Gasteiger partial charge >= 0.3 is 6.18 Å². The van der Waals surface area contributed by atoms with Crippen molar-refractivity contribution >= 4 is 28.8 Å². The number of rotatable bonds is 8. The monoisotopic (exact) mass is 527 g/mol. The average Bonchev–Trinajstić information content (AvgIpc) is 3.58. The average molecular weight is 528 g/mol. The smallest absolute Gasteiger partial charge is 0.354 e. The molecule has 7 nitrogen and oxygen atoms in total. The summed E-state index contributed by atoms with van der Waals surface area (Å²) in [4.78, 5) is 34.5. The first-order valence-electron chi connectivity index (χ1n) is 11.7. The minimum Gasteiger partial charge on any atom is -0.354 e. The van der Waals surface area contributed by atoms with Gasteiger partial charge in [-0.1, -0.05) is 12.1 Å². The zero-order chi connectivity index (χ0) is 26.6. The van der Waals surface area contributed by atoms with E-state index in [4.69, 9.17) is 5.26 Å². The summed E-state index contributed by atoms with van der Waals surface area (Å²) in [7, 11) is 1.47. The van der Waals surface area contributed by atoms with E-state index in [0.29, 0.717) is 48.2 Å². The molecule has 3 aromatic rings. The molecule has 0 aliphatic carbocycles. The Morgan fingerprint density at radius 1 is 1.22 bits per heavy atom. The topological polar surface area (TPSA) is 99.0 Å². The maximum atomic E-state index is 13.7. The Morgan fingerprint density at radius 3 is 2.65 bits per heavy atom. The molecule has 1 aliphatic heterocycles. The fourth-order valence-electron chi connectivity index (χ4n) is 4.32. The highest BCUT2D eigenvalue weighted by Crippen LogP contribution is 2.34. The van der Waals surface area contributed by atoms with E-state index < -0.39 is 18.0 Å². The number of halogens is 3. The van der Waals surface area contributed by atoms with Gasteiger partial charge in [0.05, 0.1) is 28.2 Å². The number of nitrogens with zero attached hydrogens (tertiary/aromatic N) is 4. The lowest BCUT2D eigenvalue weighted by molar-refractivity contribution is -0.144. The molecule has 1 atom stereocenters. The molecule has 192 valence electrons. The lowest BCUT2D eigenvalue weighted by atomic mass is 10.0. The molecule has 1 saturated heterocycles. The summed E-state index contributed by atoms with van der Waals surface area (Å²) >= 11 is 1.11. The van der Waals surface area contributed by atoms with Crippen molar-refractivity contribution in [1.29, 1.82) is 5.26 Å². The molecule has 2 aromatic heterocycles. The number of benzene rings is 1. The van der Waals surface area contributed by atoms with Crippen LogP contribution in [0.25, 0.3) is 11.3 Å². The van der Waals surface area contributed by atoms with Crippen LogP contribution in [0.1, 0.15) is 52.3 Å². The highest BCUT2D eigenvalue weighted by atomic mass is 32.1. The molecule has 11 heteroatoms. The number of aromatic nitrogens is 2. The van der Waals surface area contributed by atoms with Gasteiger partial charge in [-0.15, -0.1) is 11.3 Å². The van der Waals surface area contributed by atoms with Gasteiger partial charge in [0.1, 0.15) is 5.82 Å². The first-order valence-corrected chi connectivity index (χ1v) is 12.6. The lowest BCUT2D eigenvalue weighted by Crippen LogP contribution is -2.37. The van der Waals surface area contributed by atoms with Crippen LogP contribution in [0, 0.1) is 11.3 Å². The Labute approximate surface area is 216 Å². The van der Waals surface area contributed by atoms with Crippen molar-refractivity contribution in [3.63, 3.8) is 0 Å². The van der Waals surface area contributed by atoms with Crippen LogP contribution in [0.15, 0.2) is 41.8 Å². The van der Waals surface area contributed by atoms with Gasteiger partial charge in [0.15, 0.2) is 5.78 Å². The molecule has 1 fully saturated rings. The van der Waals surface area contributed by atoms with E-state index in [0.717, 1.165) is 16.9 Å². The van der Waals surface area contributed by atoms with Crippen molar-refractivity contribution in [1.82, 2.24) is 15.3 Å². The predicted molar refractivity (Wildman–Crippen MR) is 133 cm³/mol. The fraction of sp³-hybridized carbons (Fsp3) is 0.346. The zero-order valence-corrected chi connectivity index (χ0v) is 20.8. The molecule has 0 radical (unpaired) electrons. The predicted octanol–water partition coefficient (Wildman–Crippen LogP) is 5.02. The molecule has 3 heterocycles. The summed E-state index contributed by atoms with van der Waals surface area (Å²) in [5, 5.41) is 13.0. The second kappa shape index (κ2) is 11.1. The van der Waals surface area contributed by atoms with Crippen LogP contribution >= 0.6 is 11.3 Å². The quantitative estimate of drug-likeness (QED) is 0.442. The molecule has 1 amide bonds. The number of hydrogen-bond donors (Lipinski definition) is 1. The van der Waals surface area contributed by atoms with Crippen LogP contribution in [-0.4, -0.2) is 41.3 Å². The summed E-state index contributed by atoms with van der Waals surface area (Å²) in [5.74, 6) is -1.62. The second-order valence-electron chi connectivity index (χ2n) is 8.69. The number of alkyl halides is 3. The SMILES string of the molecule is CNC(=O)c1cc(-c2cc(N3CCC[C@H]3C(=O)CCCc3ccc(C#N)cc3)nc(C(F)(F)F)n2)cs1. The van der Waals surface area contributed by atoms with Crippen LogP contribution in [0.2, 0.25) is 0 Å². The van der Waals surface area contributed by atoms with Gasteiger partial charge in [-0.05, 0) is 49.4 Å². The molecular weight excluding hydrogens is 503 g/mol. The van der Waals surface area contributed by atoms with E-state index in [9.17, 15) is 22.8 Å². The first-order chi connectivity index (χ1) is 17.7. The number of anilines is 1. The van der Waals surface area contributed by atoms with Crippen molar-refractivity contribution in [2.45, 2.75) is 44.3 Å². The van der Waals surface area contributed by atoms with Crippen LogP contribution in [-0.2, 0) is 17.4 Å². The van der Waals surface area contributed by atoms with Gasteiger partial charge in [0.2, 0.25) is 5.82 Å². The number of nitriles is 1. The minimum absolute atomic E-state index is 0.0441. The maximum absolute atomic E-state index is 13.7. The van der Waals surface area contributed by atoms with Crippen LogP contribution in [0.4, 0.5) is 19.0 Å². The number of amides is 1. The number of thiophene rings is 1. The van der Waals surface area contributed by atoms with E-state index >= 15 is 0 Å². The van der Waals surface area contributed by atoms with Crippen LogP contribution < -0.4 is 10.2 Å². The highest BCUT2D eigenvalue weighted by molar-refractivity contribution is 7.12. The molecule has 1 aliphatic rings. The molecule has 37 heavy (non-hydrogen) atoms. The number of nitrogens with one attached hydrogen (secondary N) is 1. The largest absolute Gasteiger partial charge is 0.451 e. The second-order valence-corrected chi connectivity index (χ2v) is 9.60. The Balaban J connectivity index is 1.53. The fourth-order valence-corrected chi connectivity index (χ4v) is 5.17. The van der Waals surface area contributed by atoms with Crippen LogP contribution in [0.3, 0.4) is 0 Å². The molecule has 0 unspecified atom stereocenters. The number of ketones is 1. The minimum atomic E-state index is -4.77. The van der Waals surface area contributed by atoms with E-state index in [1.165, 1.54) is 19.2 Å². The van der Waals surface area contributed by atoms with E-state index in [1.54, 1.807) is 22.4 Å². The zero-order valence-electron chi connectivity index (χ0n) is 20.0. The Hall–Kier alpha value is -3.78. The third-order valence-corrected chi connectivity index (χ3v) is 7.13. The summed E-state index contributed by atoms with van der Waals surface area (Å²) in [5.41, 5.74) is 2.00. The van der Waals surface area contributed by atoms with Gasteiger partial charge in [0, 0.05) is 37.0 Å². The van der Waals surface area contributed by atoms with Gasteiger partial charge in [-0.3, -0.25) is 9.59 Å². The van der Waals surface area contributed by atoms with E-state index in [2.05, 4.69) is 21.4 Å². The Bertz CT molecular complexity index is 1330. The maximum Gasteiger partial charge on any atom is 0.451 e. The standard InChI is InChI=1S/C26H24F3N5O2S/c1-31-24(36)22-12-18(15-37-22)19-13-23(33-25(32-19)26(27,28)29)34-11-3-5-20(34)21(35)6-2-4-16-7-9-17(14-30)10-8-16/h7-10,12-13,15,20H,2-6,11H2,1H3,(H,31,36)/t20-/m0/s1. The third-order valence-electron chi connectivity index (χ3n) is 6.20. The molecule has 1 N–H and O–H groups in total. The molecule has 4 rings (SSSR count). The Morgan fingerprint density at radius 2 is 1.97 bits per heavy atom. The van der Waals surface area contributed by atoms with E-state index in [-0.39, 0.29) is 29.6 Å². The summed E-state index contributed by atoms with van der Waals surface area (Å²) < 4.78 is 41.0. The summed E-state index contributed by atoms with van der Waals surface area (Å²) in [6.07, 6.45) is -2.04. The van der Waals surface area contributed by atoms with Crippen molar-refractivity contribution in [3.05, 3.63) is 63.6 Å². The first kappa shape index (κ1) is 26.3. The summed E-state index contributed by atoms with van der Waals surface area (Å²) in [6.45, 7) is 0.410. The van der Waals surface area contributed by atoms with Crippen molar-refractivity contribution in [2.24, 2.45) is 0 Å². The van der Waals surface area contributed by atoms with Gasteiger partial charge in [0.25, 0.3) is 5.91 Å².